The minimum atomic E-state index is -0.535. The number of anilines is 2. The minimum absolute atomic E-state index is 0.191. The minimum Gasteiger partial charge on any atom is -0.462 e. The van der Waals surface area contributed by atoms with Gasteiger partial charge in [0.15, 0.2) is 0 Å². The molecule has 7 nitrogen and oxygen atoms in total. The predicted molar refractivity (Wildman–Crippen MR) is 124 cm³/mol. The van der Waals surface area contributed by atoms with Crippen molar-refractivity contribution in [3.63, 3.8) is 0 Å². The lowest BCUT2D eigenvalue weighted by atomic mass is 10.0. The van der Waals surface area contributed by atoms with E-state index in [9.17, 15) is 19.2 Å². The molecule has 33 heavy (non-hydrogen) atoms. The Kier molecular flexibility index (Phi) is 6.31. The van der Waals surface area contributed by atoms with Crippen molar-refractivity contribution in [2.45, 2.75) is 19.8 Å². The molecule has 3 aromatic rings. The van der Waals surface area contributed by atoms with Gasteiger partial charge in [-0.3, -0.25) is 19.3 Å². The molecule has 1 heterocycles. The number of amides is 3. The zero-order valence-corrected chi connectivity index (χ0v) is 18.0. The summed E-state index contributed by atoms with van der Waals surface area (Å²) in [6.45, 7) is 1.92. The molecular formula is C26H22N2O5. The van der Waals surface area contributed by atoms with E-state index < -0.39 is 11.9 Å². The number of hydrogen-bond donors (Lipinski definition) is 1. The zero-order valence-electron chi connectivity index (χ0n) is 18.0. The van der Waals surface area contributed by atoms with E-state index in [2.05, 4.69) is 5.32 Å². The molecular weight excluding hydrogens is 420 g/mol. The Morgan fingerprint density at radius 2 is 1.55 bits per heavy atom. The third-order valence-electron chi connectivity index (χ3n) is 5.31. The molecule has 7 heteroatoms. The standard InChI is InChI=1S/C26H22N2O5/c1-2-33-26(32)21-16-19(17-6-4-3-5-7-17)10-13-22(21)27-25(31)18-8-11-20(12-9-18)28-23(29)14-15-24(28)30/h3-13,16H,2,14-15H2,1H3,(H,27,31). The molecule has 0 aromatic heterocycles. The molecule has 166 valence electrons. The molecule has 1 aliphatic rings. The lowest BCUT2D eigenvalue weighted by molar-refractivity contribution is -0.121. The van der Waals surface area contributed by atoms with Crippen LogP contribution in [0.1, 0.15) is 40.5 Å². The third kappa shape index (κ3) is 4.67. The molecule has 0 spiro atoms. The van der Waals surface area contributed by atoms with Gasteiger partial charge in [-0.25, -0.2) is 4.79 Å². The molecule has 3 amide bonds. The molecule has 1 N–H and O–H groups in total. The highest BCUT2D eigenvalue weighted by Crippen LogP contribution is 2.27. The summed E-state index contributed by atoms with van der Waals surface area (Å²) >= 11 is 0. The molecule has 0 saturated carbocycles. The van der Waals surface area contributed by atoms with E-state index >= 15 is 0 Å². The summed E-state index contributed by atoms with van der Waals surface area (Å²) in [7, 11) is 0. The van der Waals surface area contributed by atoms with Gasteiger partial charge in [-0.15, -0.1) is 0 Å². The van der Waals surface area contributed by atoms with E-state index in [4.69, 9.17) is 4.74 Å². The first-order chi connectivity index (χ1) is 16.0. The average molecular weight is 442 g/mol. The fourth-order valence-electron chi connectivity index (χ4n) is 3.66. The number of esters is 1. The van der Waals surface area contributed by atoms with Crippen molar-refractivity contribution in [1.82, 2.24) is 0 Å². The van der Waals surface area contributed by atoms with Crippen LogP contribution >= 0.6 is 0 Å². The second-order valence-electron chi connectivity index (χ2n) is 7.47. The molecule has 1 saturated heterocycles. The van der Waals surface area contributed by atoms with Crippen LogP contribution in [0.5, 0.6) is 0 Å². The summed E-state index contributed by atoms with van der Waals surface area (Å²) in [6.07, 6.45) is 0.382. The van der Waals surface area contributed by atoms with Gasteiger partial charge in [0.1, 0.15) is 0 Å². The van der Waals surface area contributed by atoms with Crippen LogP contribution in [-0.2, 0) is 14.3 Å². The van der Waals surface area contributed by atoms with Gasteiger partial charge in [-0.1, -0.05) is 36.4 Å². The van der Waals surface area contributed by atoms with Crippen molar-refractivity contribution in [2.75, 3.05) is 16.8 Å². The van der Waals surface area contributed by atoms with Crippen LogP contribution in [0, 0.1) is 0 Å². The van der Waals surface area contributed by atoms with Gasteiger partial charge in [0.2, 0.25) is 11.8 Å². The van der Waals surface area contributed by atoms with Crippen molar-refractivity contribution in [3.8, 4) is 11.1 Å². The maximum absolute atomic E-state index is 12.9. The summed E-state index contributed by atoms with van der Waals surface area (Å²) in [5.41, 5.74) is 3.07. The molecule has 0 atom stereocenters. The first-order valence-electron chi connectivity index (χ1n) is 10.6. The number of ether oxygens (including phenoxy) is 1. The number of benzene rings is 3. The van der Waals surface area contributed by atoms with Crippen LogP contribution in [0.15, 0.2) is 72.8 Å². The SMILES string of the molecule is CCOC(=O)c1cc(-c2ccccc2)ccc1NC(=O)c1ccc(N2C(=O)CCC2=O)cc1. The second-order valence-corrected chi connectivity index (χ2v) is 7.47. The number of carbonyl (C=O) groups excluding carboxylic acids is 4. The van der Waals surface area contributed by atoms with Gasteiger partial charge in [0.05, 0.1) is 23.5 Å². The average Bonchev–Trinajstić information content (AvgIpc) is 3.18. The second kappa shape index (κ2) is 9.48. The highest BCUT2D eigenvalue weighted by atomic mass is 16.5. The van der Waals surface area contributed by atoms with Gasteiger partial charge >= 0.3 is 5.97 Å². The maximum Gasteiger partial charge on any atom is 0.340 e. The van der Waals surface area contributed by atoms with E-state index in [1.54, 1.807) is 31.2 Å². The molecule has 3 aromatic carbocycles. The van der Waals surface area contributed by atoms with Gasteiger partial charge in [0, 0.05) is 18.4 Å². The largest absolute Gasteiger partial charge is 0.462 e. The normalized spacial score (nSPS) is 13.2. The first-order valence-corrected chi connectivity index (χ1v) is 10.6. The molecule has 4 rings (SSSR count). The summed E-state index contributed by atoms with van der Waals surface area (Å²) < 4.78 is 5.18. The number of nitrogens with zero attached hydrogens (tertiary/aromatic N) is 1. The van der Waals surface area contributed by atoms with Gasteiger partial charge < -0.3 is 10.1 Å². The van der Waals surface area contributed by atoms with Gasteiger partial charge in [-0.2, -0.15) is 0 Å². The fraction of sp³-hybridized carbons (Fsp3) is 0.154. The van der Waals surface area contributed by atoms with Crippen molar-refractivity contribution in [2.24, 2.45) is 0 Å². The van der Waals surface area contributed by atoms with Crippen LogP contribution in [0.2, 0.25) is 0 Å². The van der Waals surface area contributed by atoms with Crippen LogP contribution in [-0.4, -0.2) is 30.3 Å². The Labute approximate surface area is 191 Å². The zero-order chi connectivity index (χ0) is 23.4. The number of nitrogens with one attached hydrogen (secondary N) is 1. The molecule has 1 aliphatic heterocycles. The number of rotatable bonds is 6. The number of carbonyl (C=O) groups is 4. The van der Waals surface area contributed by atoms with Crippen molar-refractivity contribution < 1.29 is 23.9 Å². The smallest absolute Gasteiger partial charge is 0.340 e. The van der Waals surface area contributed by atoms with Crippen LogP contribution < -0.4 is 10.2 Å². The first kappa shape index (κ1) is 22.0. The van der Waals surface area contributed by atoms with E-state index in [1.807, 2.05) is 36.4 Å². The van der Waals surface area contributed by atoms with Crippen molar-refractivity contribution in [1.29, 1.82) is 0 Å². The third-order valence-corrected chi connectivity index (χ3v) is 5.31. The summed E-state index contributed by atoms with van der Waals surface area (Å²) in [5, 5.41) is 2.76. The Bertz CT molecular complexity index is 1200. The molecule has 0 aliphatic carbocycles. The number of hydrogen-bond acceptors (Lipinski definition) is 5. The Hall–Kier alpha value is -4.26. The molecule has 1 fully saturated rings. The van der Waals surface area contributed by atoms with Crippen LogP contribution in [0.3, 0.4) is 0 Å². The van der Waals surface area contributed by atoms with Crippen LogP contribution in [0.4, 0.5) is 11.4 Å². The summed E-state index contributed by atoms with van der Waals surface area (Å²) in [5.74, 6) is -1.48. The van der Waals surface area contributed by atoms with Gasteiger partial charge in [-0.05, 0) is 54.4 Å². The van der Waals surface area contributed by atoms with E-state index in [-0.39, 0.29) is 36.8 Å². The fourth-order valence-corrected chi connectivity index (χ4v) is 3.66. The molecule has 0 radical (unpaired) electrons. The Morgan fingerprint density at radius 1 is 0.879 bits per heavy atom. The topological polar surface area (TPSA) is 92.8 Å². The lowest BCUT2D eigenvalue weighted by Crippen LogP contribution is -2.28. The van der Waals surface area contributed by atoms with Crippen LogP contribution in [0.25, 0.3) is 11.1 Å². The number of imide groups is 1. The lowest BCUT2D eigenvalue weighted by Gasteiger charge is -2.15. The molecule has 0 bridgehead atoms. The van der Waals surface area contributed by atoms with Crippen molar-refractivity contribution in [3.05, 3.63) is 83.9 Å². The van der Waals surface area contributed by atoms with E-state index in [0.29, 0.717) is 16.9 Å². The quantitative estimate of drug-likeness (QED) is 0.450. The highest BCUT2D eigenvalue weighted by molar-refractivity contribution is 6.20. The summed E-state index contributed by atoms with van der Waals surface area (Å²) in [4.78, 5) is 50.4. The summed E-state index contributed by atoms with van der Waals surface area (Å²) in [6, 6.07) is 20.9. The maximum atomic E-state index is 12.9. The Morgan fingerprint density at radius 3 is 2.18 bits per heavy atom. The van der Waals surface area contributed by atoms with E-state index in [0.717, 1.165) is 16.0 Å². The highest BCUT2D eigenvalue weighted by Gasteiger charge is 2.30. The van der Waals surface area contributed by atoms with E-state index in [1.165, 1.54) is 12.1 Å². The van der Waals surface area contributed by atoms with Gasteiger partial charge in [0.25, 0.3) is 5.91 Å². The predicted octanol–water partition coefficient (Wildman–Crippen LogP) is 4.44. The monoisotopic (exact) mass is 442 g/mol. The van der Waals surface area contributed by atoms with Crippen molar-refractivity contribution >= 4 is 35.1 Å². The molecule has 0 unspecified atom stereocenters. The Balaban J connectivity index is 1.58.